The Labute approximate surface area is 108 Å². The Balaban J connectivity index is 2.07. The van der Waals surface area contributed by atoms with Crippen LogP contribution in [0.5, 0.6) is 0 Å². The number of hydrogen-bond acceptors (Lipinski definition) is 4. The lowest BCUT2D eigenvalue weighted by atomic mass is 10.1. The number of nitrogens with zero attached hydrogens (tertiary/aromatic N) is 1. The Hall–Kier alpha value is -2.08. The molecule has 0 aliphatic heterocycles. The minimum atomic E-state index is -1.33. The van der Waals surface area contributed by atoms with Gasteiger partial charge in [-0.25, -0.2) is 9.59 Å². The number of aromatic nitrogens is 2. The summed E-state index contributed by atoms with van der Waals surface area (Å²) < 4.78 is 6.22. The molecule has 1 heterocycles. The molecule has 0 saturated heterocycles. The first kappa shape index (κ1) is 12.0. The molecule has 19 heavy (non-hydrogen) atoms. The van der Waals surface area contributed by atoms with Gasteiger partial charge >= 0.3 is 11.7 Å². The molecule has 6 heteroatoms. The summed E-state index contributed by atoms with van der Waals surface area (Å²) in [6.07, 6.45) is 0.695. The van der Waals surface area contributed by atoms with Crippen molar-refractivity contribution in [3.8, 4) is 0 Å². The van der Waals surface area contributed by atoms with Crippen LogP contribution in [0.25, 0.3) is 11.0 Å². The first-order valence-electron chi connectivity index (χ1n) is 6.12. The van der Waals surface area contributed by atoms with Crippen molar-refractivity contribution in [2.45, 2.75) is 25.0 Å². The second-order valence-corrected chi connectivity index (χ2v) is 4.73. The summed E-state index contributed by atoms with van der Waals surface area (Å²) in [5, 5.41) is 9.77. The Morgan fingerprint density at radius 2 is 2.26 bits per heavy atom. The van der Waals surface area contributed by atoms with E-state index in [1.165, 1.54) is 7.11 Å². The molecule has 2 N–H and O–H groups in total. The summed E-state index contributed by atoms with van der Waals surface area (Å²) in [7, 11) is 1.22. The average molecular weight is 262 g/mol. The average Bonchev–Trinajstić information content (AvgIpc) is 3.18. The molecule has 0 amide bonds. The highest BCUT2D eigenvalue weighted by Gasteiger charge is 2.27. The number of carbonyl (C=O) groups excluding carboxylic acids is 1. The van der Waals surface area contributed by atoms with E-state index in [9.17, 15) is 14.7 Å². The summed E-state index contributed by atoms with van der Waals surface area (Å²) in [5.41, 5.74) is 1.68. The van der Waals surface area contributed by atoms with Crippen molar-refractivity contribution in [2.75, 3.05) is 7.11 Å². The highest BCUT2D eigenvalue weighted by atomic mass is 16.5. The lowest BCUT2D eigenvalue weighted by Gasteiger charge is -2.08. The van der Waals surface area contributed by atoms with Gasteiger partial charge < -0.3 is 14.8 Å². The number of methoxy groups -OCH3 is 1. The zero-order chi connectivity index (χ0) is 13.6. The van der Waals surface area contributed by atoms with Crippen LogP contribution in [0.3, 0.4) is 0 Å². The molecule has 3 rings (SSSR count). The van der Waals surface area contributed by atoms with E-state index in [-0.39, 0.29) is 11.7 Å². The molecule has 1 saturated carbocycles. The number of rotatable bonds is 3. The molecule has 1 fully saturated rings. The molecular formula is C13H14N2O4. The number of ether oxygens (including phenoxy) is 1. The fourth-order valence-electron chi connectivity index (χ4n) is 2.26. The lowest BCUT2D eigenvalue weighted by molar-refractivity contribution is -0.150. The number of aromatic amines is 1. The molecule has 1 atom stereocenters. The number of carbonyl (C=O) groups is 1. The molecular weight excluding hydrogens is 248 g/mol. The highest BCUT2D eigenvalue weighted by Crippen LogP contribution is 2.35. The molecule has 1 aliphatic rings. The van der Waals surface area contributed by atoms with Crippen LogP contribution in [0.15, 0.2) is 23.0 Å². The maximum absolute atomic E-state index is 11.8. The predicted octanol–water partition coefficient (Wildman–Crippen LogP) is 0.871. The number of hydrogen-bond donors (Lipinski definition) is 2. The van der Waals surface area contributed by atoms with Crippen LogP contribution in [0.1, 0.15) is 30.6 Å². The van der Waals surface area contributed by atoms with Crippen molar-refractivity contribution >= 4 is 17.0 Å². The monoisotopic (exact) mass is 262 g/mol. The van der Waals surface area contributed by atoms with Crippen molar-refractivity contribution in [2.24, 2.45) is 0 Å². The topological polar surface area (TPSA) is 84.3 Å². The predicted molar refractivity (Wildman–Crippen MR) is 67.8 cm³/mol. The fourth-order valence-corrected chi connectivity index (χ4v) is 2.26. The first-order chi connectivity index (χ1) is 9.11. The normalized spacial score (nSPS) is 16.5. The van der Waals surface area contributed by atoms with Gasteiger partial charge in [0.2, 0.25) is 0 Å². The number of H-pyrrole nitrogens is 1. The van der Waals surface area contributed by atoms with Gasteiger partial charge in [-0.2, -0.15) is 0 Å². The third kappa shape index (κ3) is 1.94. The first-order valence-corrected chi connectivity index (χ1v) is 6.12. The molecule has 0 bridgehead atoms. The van der Waals surface area contributed by atoms with Gasteiger partial charge in [-0.05, 0) is 30.5 Å². The van der Waals surface area contributed by atoms with Crippen LogP contribution < -0.4 is 5.69 Å². The molecule has 1 unspecified atom stereocenters. The van der Waals surface area contributed by atoms with E-state index in [1.54, 1.807) is 22.8 Å². The van der Waals surface area contributed by atoms with Crippen molar-refractivity contribution in [3.63, 3.8) is 0 Å². The van der Waals surface area contributed by atoms with Crippen molar-refractivity contribution < 1.29 is 14.6 Å². The zero-order valence-electron chi connectivity index (χ0n) is 10.4. The van der Waals surface area contributed by atoms with E-state index in [0.717, 1.165) is 18.4 Å². The number of benzene rings is 1. The van der Waals surface area contributed by atoms with E-state index >= 15 is 0 Å². The molecule has 1 aromatic heterocycles. The van der Waals surface area contributed by atoms with Gasteiger partial charge in [-0.3, -0.25) is 4.57 Å². The number of aliphatic hydroxyl groups excluding tert-OH is 1. The summed E-state index contributed by atoms with van der Waals surface area (Å²) >= 11 is 0. The SMILES string of the molecule is COC(=O)C(O)c1ccc2c(c1)[nH]c(=O)n2C1CC1. The van der Waals surface area contributed by atoms with E-state index in [0.29, 0.717) is 11.1 Å². The second kappa shape index (κ2) is 4.24. The van der Waals surface area contributed by atoms with Gasteiger partial charge in [0.05, 0.1) is 18.1 Å². The van der Waals surface area contributed by atoms with Crippen LogP contribution in [0.2, 0.25) is 0 Å². The largest absolute Gasteiger partial charge is 0.467 e. The molecule has 0 radical (unpaired) electrons. The standard InChI is InChI=1S/C13H14N2O4/c1-19-12(17)11(16)7-2-5-10-9(6-7)14-13(18)15(10)8-3-4-8/h2,5-6,8,11,16H,3-4H2,1H3,(H,14,18). The minimum absolute atomic E-state index is 0.151. The Bertz CT molecular complexity index is 696. The minimum Gasteiger partial charge on any atom is -0.467 e. The van der Waals surface area contributed by atoms with Gasteiger partial charge in [0.25, 0.3) is 0 Å². The summed E-state index contributed by atoms with van der Waals surface area (Å²) in [6.45, 7) is 0. The highest BCUT2D eigenvalue weighted by molar-refractivity contribution is 5.81. The number of nitrogens with one attached hydrogen (secondary N) is 1. The van der Waals surface area contributed by atoms with Crippen molar-refractivity contribution in [3.05, 3.63) is 34.2 Å². The smallest absolute Gasteiger partial charge is 0.339 e. The van der Waals surface area contributed by atoms with Gasteiger partial charge in [0.1, 0.15) is 0 Å². The second-order valence-electron chi connectivity index (χ2n) is 4.73. The number of esters is 1. The van der Waals surface area contributed by atoms with Crippen molar-refractivity contribution in [1.29, 1.82) is 0 Å². The van der Waals surface area contributed by atoms with Crippen LogP contribution in [0, 0.1) is 0 Å². The van der Waals surface area contributed by atoms with Crippen molar-refractivity contribution in [1.82, 2.24) is 9.55 Å². The van der Waals surface area contributed by atoms with E-state index < -0.39 is 12.1 Å². The fraction of sp³-hybridized carbons (Fsp3) is 0.385. The Kier molecular flexibility index (Phi) is 2.67. The molecule has 6 nitrogen and oxygen atoms in total. The van der Waals surface area contributed by atoms with Gasteiger partial charge in [-0.1, -0.05) is 6.07 Å². The molecule has 1 aromatic carbocycles. The molecule has 1 aliphatic carbocycles. The maximum atomic E-state index is 11.8. The molecule has 2 aromatic rings. The third-order valence-electron chi connectivity index (χ3n) is 3.39. The van der Waals surface area contributed by atoms with Gasteiger partial charge in [-0.15, -0.1) is 0 Å². The summed E-state index contributed by atoms with van der Waals surface area (Å²) in [5.74, 6) is -0.719. The number of imidazole rings is 1. The summed E-state index contributed by atoms with van der Waals surface area (Å²) in [4.78, 5) is 25.9. The number of fused-ring (bicyclic) bond motifs is 1. The van der Waals surface area contributed by atoms with Gasteiger partial charge in [0.15, 0.2) is 6.10 Å². The Morgan fingerprint density at radius 1 is 1.53 bits per heavy atom. The summed E-state index contributed by atoms with van der Waals surface area (Å²) in [6, 6.07) is 5.26. The van der Waals surface area contributed by atoms with Crippen LogP contribution in [0.4, 0.5) is 0 Å². The van der Waals surface area contributed by atoms with Crippen LogP contribution in [-0.2, 0) is 9.53 Å². The molecule has 0 spiro atoms. The maximum Gasteiger partial charge on any atom is 0.339 e. The third-order valence-corrected chi connectivity index (χ3v) is 3.39. The number of aliphatic hydroxyl groups is 1. The van der Waals surface area contributed by atoms with E-state index in [4.69, 9.17) is 0 Å². The lowest BCUT2D eigenvalue weighted by Crippen LogP contribution is -2.14. The zero-order valence-corrected chi connectivity index (χ0v) is 10.4. The van der Waals surface area contributed by atoms with Crippen LogP contribution in [-0.4, -0.2) is 27.7 Å². The van der Waals surface area contributed by atoms with E-state index in [2.05, 4.69) is 9.72 Å². The van der Waals surface area contributed by atoms with Crippen LogP contribution >= 0.6 is 0 Å². The quantitative estimate of drug-likeness (QED) is 0.804. The van der Waals surface area contributed by atoms with Gasteiger partial charge in [0, 0.05) is 6.04 Å². The Morgan fingerprint density at radius 3 is 2.89 bits per heavy atom. The van der Waals surface area contributed by atoms with E-state index in [1.807, 2.05) is 0 Å². The molecule has 100 valence electrons.